The van der Waals surface area contributed by atoms with Crippen molar-refractivity contribution in [3.05, 3.63) is 29.5 Å². The minimum Gasteiger partial charge on any atom is -0.444 e. The van der Waals surface area contributed by atoms with Gasteiger partial charge in [0.05, 0.1) is 17.0 Å². The molecular formula is C16H23Cl2N3O2S. The van der Waals surface area contributed by atoms with Crippen LogP contribution in [0.15, 0.2) is 28.2 Å². The highest BCUT2D eigenvalue weighted by molar-refractivity contribution is 7.13. The van der Waals surface area contributed by atoms with Crippen molar-refractivity contribution in [2.45, 2.75) is 32.2 Å². The first-order chi connectivity index (χ1) is 10.8. The molecule has 0 bridgehead atoms. The second-order valence-corrected chi connectivity index (χ2v) is 6.48. The molecule has 1 aliphatic rings. The molecule has 5 nitrogen and oxygen atoms in total. The van der Waals surface area contributed by atoms with Crippen molar-refractivity contribution in [2.24, 2.45) is 0 Å². The Hall–Kier alpha value is -1.08. The minimum absolute atomic E-state index is 0. The zero-order chi connectivity index (χ0) is 15.4. The van der Waals surface area contributed by atoms with Gasteiger partial charge in [0, 0.05) is 19.1 Å². The van der Waals surface area contributed by atoms with E-state index >= 15 is 0 Å². The van der Waals surface area contributed by atoms with Gasteiger partial charge in [-0.1, -0.05) is 13.0 Å². The molecule has 24 heavy (non-hydrogen) atoms. The second-order valence-electron chi connectivity index (χ2n) is 5.53. The Labute approximate surface area is 158 Å². The molecule has 3 heterocycles. The molecule has 1 aliphatic heterocycles. The van der Waals surface area contributed by atoms with Gasteiger partial charge < -0.3 is 14.6 Å². The Balaban J connectivity index is 0.00000144. The summed E-state index contributed by atoms with van der Waals surface area (Å²) >= 11 is 1.58. The highest BCUT2D eigenvalue weighted by atomic mass is 35.5. The van der Waals surface area contributed by atoms with E-state index in [1.165, 1.54) is 0 Å². The van der Waals surface area contributed by atoms with Crippen LogP contribution >= 0.6 is 36.2 Å². The lowest BCUT2D eigenvalue weighted by atomic mass is 10.2. The van der Waals surface area contributed by atoms with Gasteiger partial charge in [-0.25, -0.2) is 4.98 Å². The van der Waals surface area contributed by atoms with Crippen LogP contribution in [0.1, 0.15) is 25.5 Å². The molecule has 1 N–H and O–H groups in total. The molecule has 8 heteroatoms. The number of hydrogen-bond acceptors (Lipinski definition) is 5. The molecular weight excluding hydrogens is 369 g/mol. The Morgan fingerprint density at radius 1 is 1.50 bits per heavy atom. The number of halogens is 2. The van der Waals surface area contributed by atoms with E-state index < -0.39 is 0 Å². The number of carbonyl (C=O) groups excluding carboxylic acids is 1. The van der Waals surface area contributed by atoms with Gasteiger partial charge in [-0.15, -0.1) is 36.2 Å². The van der Waals surface area contributed by atoms with Crippen molar-refractivity contribution in [3.63, 3.8) is 0 Å². The molecule has 1 fully saturated rings. The van der Waals surface area contributed by atoms with Crippen molar-refractivity contribution < 1.29 is 9.21 Å². The van der Waals surface area contributed by atoms with Crippen molar-refractivity contribution >= 4 is 42.1 Å². The first-order valence-corrected chi connectivity index (χ1v) is 8.64. The molecule has 0 aromatic carbocycles. The van der Waals surface area contributed by atoms with Gasteiger partial charge in [0.25, 0.3) is 0 Å². The predicted octanol–water partition coefficient (Wildman–Crippen LogP) is 3.39. The van der Waals surface area contributed by atoms with Crippen LogP contribution in [0.25, 0.3) is 10.8 Å². The average Bonchev–Trinajstić information content (AvgIpc) is 3.24. The summed E-state index contributed by atoms with van der Waals surface area (Å²) in [5.74, 6) is 0.740. The average molecular weight is 392 g/mol. The van der Waals surface area contributed by atoms with Crippen molar-refractivity contribution in [1.29, 1.82) is 0 Å². The summed E-state index contributed by atoms with van der Waals surface area (Å²) in [6, 6.07) is 4.25. The third kappa shape index (κ3) is 4.96. The van der Waals surface area contributed by atoms with Crippen LogP contribution in [-0.4, -0.2) is 41.5 Å². The Bertz CT molecular complexity index is 613. The number of carbonyl (C=O) groups is 1. The molecule has 0 radical (unpaired) electrons. The van der Waals surface area contributed by atoms with E-state index in [1.54, 1.807) is 17.6 Å². The van der Waals surface area contributed by atoms with Gasteiger partial charge in [-0.2, -0.15) is 0 Å². The molecule has 2 aromatic rings. The normalized spacial score (nSPS) is 16.3. The lowest BCUT2D eigenvalue weighted by Gasteiger charge is -2.28. The number of hydrogen-bond donors (Lipinski definition) is 1. The highest BCUT2D eigenvalue weighted by Crippen LogP contribution is 2.24. The molecule has 1 atom stereocenters. The van der Waals surface area contributed by atoms with Gasteiger partial charge in [-0.3, -0.25) is 4.79 Å². The monoisotopic (exact) mass is 391 g/mol. The van der Waals surface area contributed by atoms with Gasteiger partial charge >= 0.3 is 0 Å². The Morgan fingerprint density at radius 3 is 2.96 bits per heavy atom. The number of nitrogens with zero attached hydrogens (tertiary/aromatic N) is 2. The summed E-state index contributed by atoms with van der Waals surface area (Å²) in [4.78, 5) is 20.0. The fraction of sp³-hybridized carbons (Fsp3) is 0.500. The van der Waals surface area contributed by atoms with E-state index in [0.717, 1.165) is 37.4 Å². The van der Waals surface area contributed by atoms with Crippen LogP contribution in [0, 0.1) is 0 Å². The van der Waals surface area contributed by atoms with Crippen LogP contribution in [0.2, 0.25) is 0 Å². The SMILES string of the molecule is CCCN(C(=O)Cc1coc(-c2cccs2)n1)C1CCNC1.Cl.Cl. The fourth-order valence-electron chi connectivity index (χ4n) is 2.82. The van der Waals surface area contributed by atoms with E-state index in [0.29, 0.717) is 24.0 Å². The molecule has 1 unspecified atom stereocenters. The highest BCUT2D eigenvalue weighted by Gasteiger charge is 2.26. The van der Waals surface area contributed by atoms with Gasteiger partial charge in [0.1, 0.15) is 6.26 Å². The topological polar surface area (TPSA) is 58.4 Å². The van der Waals surface area contributed by atoms with Crippen LogP contribution in [0.3, 0.4) is 0 Å². The molecule has 1 saturated heterocycles. The second kappa shape index (κ2) is 10.0. The van der Waals surface area contributed by atoms with Crippen LogP contribution in [0.5, 0.6) is 0 Å². The summed E-state index contributed by atoms with van der Waals surface area (Å²) in [6.07, 6.45) is 3.92. The molecule has 1 amide bonds. The third-order valence-electron chi connectivity index (χ3n) is 3.88. The summed E-state index contributed by atoms with van der Waals surface area (Å²) in [5, 5.41) is 5.31. The van der Waals surface area contributed by atoms with Crippen molar-refractivity contribution in [2.75, 3.05) is 19.6 Å². The maximum atomic E-state index is 12.6. The van der Waals surface area contributed by atoms with Crippen LogP contribution in [0.4, 0.5) is 0 Å². The number of nitrogens with one attached hydrogen (secondary N) is 1. The van der Waals surface area contributed by atoms with E-state index in [-0.39, 0.29) is 30.7 Å². The Morgan fingerprint density at radius 2 is 2.33 bits per heavy atom. The Kier molecular flexibility index (Phi) is 8.76. The summed E-state index contributed by atoms with van der Waals surface area (Å²) in [5.41, 5.74) is 0.709. The lowest BCUT2D eigenvalue weighted by Crippen LogP contribution is -2.42. The van der Waals surface area contributed by atoms with Crippen LogP contribution < -0.4 is 5.32 Å². The number of oxazole rings is 1. The van der Waals surface area contributed by atoms with Gasteiger partial charge in [0.15, 0.2) is 0 Å². The molecule has 3 rings (SSSR count). The van der Waals surface area contributed by atoms with Crippen molar-refractivity contribution in [1.82, 2.24) is 15.2 Å². The quantitative estimate of drug-likeness (QED) is 0.819. The zero-order valence-corrected chi connectivity index (χ0v) is 16.0. The van der Waals surface area contributed by atoms with E-state index in [1.807, 2.05) is 22.4 Å². The number of amides is 1. The van der Waals surface area contributed by atoms with E-state index in [4.69, 9.17) is 4.42 Å². The maximum absolute atomic E-state index is 12.6. The molecule has 0 spiro atoms. The van der Waals surface area contributed by atoms with Gasteiger partial charge in [0.2, 0.25) is 11.8 Å². The largest absolute Gasteiger partial charge is 0.444 e. The smallest absolute Gasteiger partial charge is 0.236 e. The minimum atomic E-state index is 0. The third-order valence-corrected chi connectivity index (χ3v) is 4.73. The molecule has 0 aliphatic carbocycles. The summed E-state index contributed by atoms with van der Waals surface area (Å²) in [6.45, 7) is 4.80. The standard InChI is InChI=1S/C16H21N3O2S.2ClH/c1-2-7-19(13-5-6-17-10-13)15(20)9-12-11-21-16(18-12)14-4-3-8-22-14;;/h3-4,8,11,13,17H,2,5-7,9-10H2,1H3;2*1H. The van der Waals surface area contributed by atoms with E-state index in [2.05, 4.69) is 17.2 Å². The summed E-state index contributed by atoms with van der Waals surface area (Å²) < 4.78 is 5.49. The van der Waals surface area contributed by atoms with Crippen molar-refractivity contribution in [3.8, 4) is 10.8 Å². The fourth-order valence-corrected chi connectivity index (χ4v) is 3.47. The summed E-state index contributed by atoms with van der Waals surface area (Å²) in [7, 11) is 0. The predicted molar refractivity (Wildman–Crippen MR) is 101 cm³/mol. The van der Waals surface area contributed by atoms with Gasteiger partial charge in [-0.05, 0) is 30.8 Å². The lowest BCUT2D eigenvalue weighted by molar-refractivity contribution is -0.132. The molecule has 0 saturated carbocycles. The first-order valence-electron chi connectivity index (χ1n) is 7.76. The first kappa shape index (κ1) is 21.0. The van der Waals surface area contributed by atoms with E-state index in [9.17, 15) is 4.79 Å². The maximum Gasteiger partial charge on any atom is 0.236 e. The number of rotatable bonds is 6. The number of thiophene rings is 1. The molecule has 134 valence electrons. The molecule has 2 aromatic heterocycles. The number of aromatic nitrogens is 1. The zero-order valence-electron chi connectivity index (χ0n) is 13.6. The van der Waals surface area contributed by atoms with Crippen LogP contribution in [-0.2, 0) is 11.2 Å².